The predicted octanol–water partition coefficient (Wildman–Crippen LogP) is 3.09. The topological polar surface area (TPSA) is 77.0 Å². The van der Waals surface area contributed by atoms with E-state index < -0.39 is 6.10 Å². The molecule has 1 aliphatic carbocycles. The smallest absolute Gasteiger partial charge is 0.262 e. The van der Waals surface area contributed by atoms with Crippen molar-refractivity contribution >= 4 is 11.6 Å². The number of fused-ring (bicyclic) bond motifs is 1. The molecule has 0 aromatic heterocycles. The summed E-state index contributed by atoms with van der Waals surface area (Å²) in [5, 5.41) is 12.9. The molecule has 0 spiro atoms. The van der Waals surface area contributed by atoms with Crippen LogP contribution in [0.1, 0.15) is 30.1 Å². The van der Waals surface area contributed by atoms with Crippen molar-refractivity contribution in [3.8, 4) is 17.2 Å². The van der Waals surface area contributed by atoms with Crippen LogP contribution in [0.3, 0.4) is 0 Å². The summed E-state index contributed by atoms with van der Waals surface area (Å²) in [6.45, 7) is -0.123. The van der Waals surface area contributed by atoms with Crippen molar-refractivity contribution in [2.45, 2.75) is 25.4 Å². The van der Waals surface area contributed by atoms with Crippen LogP contribution >= 0.6 is 0 Å². The van der Waals surface area contributed by atoms with E-state index >= 15 is 0 Å². The van der Waals surface area contributed by atoms with Gasteiger partial charge in [0.05, 0.1) is 26.0 Å². The fraction of sp³-hybridized carbons (Fsp3) is 0.350. The minimum Gasteiger partial charge on any atom is -0.497 e. The van der Waals surface area contributed by atoms with Crippen LogP contribution in [0, 0.1) is 0 Å². The molecule has 0 unspecified atom stereocenters. The molecule has 1 aliphatic rings. The molecule has 2 aromatic rings. The van der Waals surface area contributed by atoms with Gasteiger partial charge >= 0.3 is 0 Å². The molecule has 3 rings (SSSR count). The first-order chi connectivity index (χ1) is 12.6. The number of rotatable bonds is 6. The van der Waals surface area contributed by atoms with Gasteiger partial charge in [0.15, 0.2) is 6.61 Å². The van der Waals surface area contributed by atoms with E-state index in [0.29, 0.717) is 22.9 Å². The average molecular weight is 357 g/mol. The highest BCUT2D eigenvalue weighted by Gasteiger charge is 2.21. The average Bonchev–Trinajstić information content (AvgIpc) is 2.67. The molecule has 0 radical (unpaired) electrons. The van der Waals surface area contributed by atoms with Crippen molar-refractivity contribution in [2.24, 2.45) is 0 Å². The number of amides is 1. The Labute approximate surface area is 152 Å². The standard InChI is InChI=1S/C20H23NO5/c1-24-13-9-10-16(19(11-13)25-2)21-20(23)12-26-18-8-4-5-14-15(18)6-3-7-17(14)22/h4-5,8-11,17,22H,3,6-7,12H2,1-2H3,(H,21,23)/t17-/m0/s1. The van der Waals surface area contributed by atoms with Crippen LogP contribution in [0.5, 0.6) is 17.2 Å². The Bertz CT molecular complexity index is 790. The summed E-state index contributed by atoms with van der Waals surface area (Å²) in [7, 11) is 3.10. The predicted molar refractivity (Wildman–Crippen MR) is 98.0 cm³/mol. The first kappa shape index (κ1) is 18.1. The van der Waals surface area contributed by atoms with Gasteiger partial charge in [-0.25, -0.2) is 0 Å². The molecule has 2 N–H and O–H groups in total. The molecule has 0 aliphatic heterocycles. The number of hydrogen-bond donors (Lipinski definition) is 2. The highest BCUT2D eigenvalue weighted by Crippen LogP contribution is 2.35. The van der Waals surface area contributed by atoms with E-state index in [1.807, 2.05) is 18.2 Å². The van der Waals surface area contributed by atoms with E-state index in [-0.39, 0.29) is 12.5 Å². The van der Waals surface area contributed by atoms with Gasteiger partial charge in [0.25, 0.3) is 5.91 Å². The van der Waals surface area contributed by atoms with Crippen molar-refractivity contribution in [3.63, 3.8) is 0 Å². The molecule has 6 nitrogen and oxygen atoms in total. The maximum absolute atomic E-state index is 12.3. The summed E-state index contributed by atoms with van der Waals surface area (Å²) >= 11 is 0. The van der Waals surface area contributed by atoms with E-state index in [9.17, 15) is 9.90 Å². The number of methoxy groups -OCH3 is 2. The third-order valence-corrected chi connectivity index (χ3v) is 4.47. The van der Waals surface area contributed by atoms with Crippen LogP contribution in [-0.2, 0) is 11.2 Å². The summed E-state index contributed by atoms with van der Waals surface area (Å²) in [4.78, 5) is 12.3. The van der Waals surface area contributed by atoms with Crippen molar-refractivity contribution in [1.29, 1.82) is 0 Å². The highest BCUT2D eigenvalue weighted by molar-refractivity contribution is 5.93. The van der Waals surface area contributed by atoms with Gasteiger partial charge in [0.1, 0.15) is 17.2 Å². The van der Waals surface area contributed by atoms with Crippen molar-refractivity contribution in [3.05, 3.63) is 47.5 Å². The lowest BCUT2D eigenvalue weighted by Gasteiger charge is -2.23. The molecule has 6 heteroatoms. The fourth-order valence-corrected chi connectivity index (χ4v) is 3.16. The molecule has 1 amide bonds. The van der Waals surface area contributed by atoms with Crippen molar-refractivity contribution < 1.29 is 24.1 Å². The van der Waals surface area contributed by atoms with E-state index in [1.165, 1.54) is 7.11 Å². The molecule has 138 valence electrons. The third-order valence-electron chi connectivity index (χ3n) is 4.47. The first-order valence-electron chi connectivity index (χ1n) is 8.57. The lowest BCUT2D eigenvalue weighted by Crippen LogP contribution is -2.21. The van der Waals surface area contributed by atoms with Crippen LogP contribution < -0.4 is 19.5 Å². The van der Waals surface area contributed by atoms with Gasteiger partial charge in [-0.05, 0) is 48.6 Å². The maximum Gasteiger partial charge on any atom is 0.262 e. The number of aliphatic hydroxyl groups excluding tert-OH is 1. The van der Waals surface area contributed by atoms with Crippen LogP contribution in [0.25, 0.3) is 0 Å². The minimum absolute atomic E-state index is 0.123. The number of ether oxygens (including phenoxy) is 3. The molecular formula is C20H23NO5. The number of nitrogens with one attached hydrogen (secondary N) is 1. The molecule has 1 atom stereocenters. The number of hydrogen-bond acceptors (Lipinski definition) is 5. The molecule has 0 saturated heterocycles. The molecule has 2 aromatic carbocycles. The summed E-state index contributed by atoms with van der Waals surface area (Å²) in [6.07, 6.45) is 2.05. The van der Waals surface area contributed by atoms with Gasteiger partial charge < -0.3 is 24.6 Å². The number of carbonyl (C=O) groups is 1. The van der Waals surface area contributed by atoms with Gasteiger partial charge in [0.2, 0.25) is 0 Å². The number of benzene rings is 2. The summed E-state index contributed by atoms with van der Waals surface area (Å²) < 4.78 is 16.1. The van der Waals surface area contributed by atoms with Crippen LogP contribution in [0.15, 0.2) is 36.4 Å². The SMILES string of the molecule is COc1ccc(NC(=O)COc2cccc3c2CCC[C@@H]3O)c(OC)c1. The Morgan fingerprint density at radius 3 is 2.81 bits per heavy atom. The van der Waals surface area contributed by atoms with E-state index in [0.717, 1.165) is 30.4 Å². The second-order valence-electron chi connectivity index (χ2n) is 6.14. The van der Waals surface area contributed by atoms with Crippen molar-refractivity contribution in [1.82, 2.24) is 0 Å². The van der Waals surface area contributed by atoms with Crippen LogP contribution in [0.2, 0.25) is 0 Å². The summed E-state index contributed by atoms with van der Waals surface area (Å²) in [5.41, 5.74) is 2.43. The van der Waals surface area contributed by atoms with Crippen molar-refractivity contribution in [2.75, 3.05) is 26.1 Å². The van der Waals surface area contributed by atoms with E-state index in [4.69, 9.17) is 14.2 Å². The molecule has 0 saturated carbocycles. The zero-order chi connectivity index (χ0) is 18.5. The first-order valence-corrected chi connectivity index (χ1v) is 8.57. The fourth-order valence-electron chi connectivity index (χ4n) is 3.16. The molecule has 26 heavy (non-hydrogen) atoms. The Morgan fingerprint density at radius 2 is 2.04 bits per heavy atom. The van der Waals surface area contributed by atoms with Gasteiger partial charge in [-0.3, -0.25) is 4.79 Å². The summed E-state index contributed by atoms with van der Waals surface area (Å²) in [6, 6.07) is 10.7. The molecular weight excluding hydrogens is 334 g/mol. The number of carbonyl (C=O) groups excluding carboxylic acids is 1. The maximum atomic E-state index is 12.3. The zero-order valence-corrected chi connectivity index (χ0v) is 15.0. The quantitative estimate of drug-likeness (QED) is 0.831. The lowest BCUT2D eigenvalue weighted by molar-refractivity contribution is -0.118. The van der Waals surface area contributed by atoms with Gasteiger partial charge in [0, 0.05) is 6.07 Å². The normalized spacial score (nSPS) is 15.7. The van der Waals surface area contributed by atoms with E-state index in [1.54, 1.807) is 25.3 Å². The Hall–Kier alpha value is -2.73. The monoisotopic (exact) mass is 357 g/mol. The minimum atomic E-state index is -0.459. The van der Waals surface area contributed by atoms with Gasteiger partial charge in [-0.1, -0.05) is 12.1 Å². The zero-order valence-electron chi connectivity index (χ0n) is 15.0. The van der Waals surface area contributed by atoms with Gasteiger partial charge in [-0.15, -0.1) is 0 Å². The second-order valence-corrected chi connectivity index (χ2v) is 6.14. The van der Waals surface area contributed by atoms with E-state index in [2.05, 4.69) is 5.32 Å². The molecule has 0 bridgehead atoms. The summed E-state index contributed by atoms with van der Waals surface area (Å²) in [5.74, 6) is 1.52. The Morgan fingerprint density at radius 1 is 1.19 bits per heavy atom. The van der Waals surface area contributed by atoms with Gasteiger partial charge in [-0.2, -0.15) is 0 Å². The number of aliphatic hydroxyl groups is 1. The Kier molecular flexibility index (Phi) is 5.63. The lowest BCUT2D eigenvalue weighted by atomic mass is 9.89. The van der Waals surface area contributed by atoms with Crippen LogP contribution in [0.4, 0.5) is 5.69 Å². The largest absolute Gasteiger partial charge is 0.497 e. The van der Waals surface area contributed by atoms with Crippen LogP contribution in [-0.4, -0.2) is 31.8 Å². The third kappa shape index (κ3) is 3.91. The highest BCUT2D eigenvalue weighted by atomic mass is 16.5. The molecule has 0 fully saturated rings. The second kappa shape index (κ2) is 8.10. The Balaban J connectivity index is 1.66. The molecule has 0 heterocycles. The number of anilines is 1.